The van der Waals surface area contributed by atoms with Crippen LogP contribution in [0.3, 0.4) is 0 Å². The monoisotopic (exact) mass is 216 g/mol. The molecule has 0 bridgehead atoms. The van der Waals surface area contributed by atoms with Gasteiger partial charge >= 0.3 is 0 Å². The summed E-state index contributed by atoms with van der Waals surface area (Å²) in [6, 6.07) is 7.51. The Morgan fingerprint density at radius 2 is 1.93 bits per heavy atom. The summed E-state index contributed by atoms with van der Waals surface area (Å²) in [5.41, 5.74) is 2.83. The average Bonchev–Trinajstić information content (AvgIpc) is 2.30. The van der Waals surface area contributed by atoms with E-state index in [-0.39, 0.29) is 0 Å². The molecular weight excluding hydrogens is 208 g/mol. The third kappa shape index (κ3) is 2.34. The van der Waals surface area contributed by atoms with E-state index in [1.165, 1.54) is 0 Å². The number of hydrogen-bond acceptors (Lipinski definition) is 2. The molecule has 0 saturated heterocycles. The second kappa shape index (κ2) is 4.41. The van der Waals surface area contributed by atoms with E-state index in [0.29, 0.717) is 11.6 Å². The summed E-state index contributed by atoms with van der Waals surface area (Å²) in [5.74, 6) is 0. The van der Waals surface area contributed by atoms with E-state index < -0.39 is 0 Å². The molecule has 0 aliphatic rings. The molecule has 0 aliphatic carbocycles. The zero-order chi connectivity index (χ0) is 10.7. The number of pyridine rings is 2. The first kappa shape index (κ1) is 10.1. The summed E-state index contributed by atoms with van der Waals surface area (Å²) in [6.07, 6.45) is 3.98. The van der Waals surface area contributed by atoms with E-state index in [1.54, 1.807) is 18.5 Å². The Hall–Kier alpha value is -1.41. The summed E-state index contributed by atoms with van der Waals surface area (Å²) in [4.78, 5) is 8.29. The molecule has 0 saturated carbocycles. The van der Waals surface area contributed by atoms with Crippen LogP contribution in [-0.2, 0) is 6.42 Å². The predicted octanol–water partition coefficient (Wildman–Crippen LogP) is 3.05. The zero-order valence-electron chi connectivity index (χ0n) is 8.02. The Morgan fingerprint density at radius 1 is 1.07 bits per heavy atom. The largest absolute Gasteiger partial charge is 0.256 e. The van der Waals surface area contributed by atoms with Crippen LogP contribution in [0.25, 0.3) is 11.3 Å². The van der Waals surface area contributed by atoms with Crippen molar-refractivity contribution in [2.45, 2.75) is 6.42 Å². The third-order valence-corrected chi connectivity index (χ3v) is 2.31. The van der Waals surface area contributed by atoms with E-state index in [4.69, 9.17) is 18.5 Å². The van der Waals surface area contributed by atoms with E-state index in [0.717, 1.165) is 16.8 Å². The number of aromatic nitrogens is 2. The minimum Gasteiger partial charge on any atom is -0.256 e. The highest BCUT2D eigenvalue weighted by molar-refractivity contribution is 6.29. The number of halogens is 1. The molecule has 2 radical (unpaired) electrons. The second-order valence-corrected chi connectivity index (χ2v) is 3.51. The van der Waals surface area contributed by atoms with Crippen molar-refractivity contribution < 1.29 is 0 Å². The molecule has 0 atom stereocenters. The molecule has 0 amide bonds. The zero-order valence-corrected chi connectivity index (χ0v) is 8.78. The molecule has 2 rings (SSSR count). The van der Waals surface area contributed by atoms with Crippen molar-refractivity contribution in [1.82, 2.24) is 9.97 Å². The van der Waals surface area contributed by atoms with Crippen molar-refractivity contribution in [2.24, 2.45) is 0 Å². The van der Waals surface area contributed by atoms with Gasteiger partial charge < -0.3 is 0 Å². The Bertz CT molecular complexity index is 434. The van der Waals surface area contributed by atoms with Gasteiger partial charge in [-0.25, -0.2) is 4.98 Å². The van der Waals surface area contributed by atoms with Crippen molar-refractivity contribution in [2.75, 3.05) is 0 Å². The molecule has 0 aromatic carbocycles. The van der Waals surface area contributed by atoms with Crippen LogP contribution < -0.4 is 0 Å². The minimum absolute atomic E-state index is 0.484. The van der Waals surface area contributed by atoms with Gasteiger partial charge in [-0.3, -0.25) is 4.98 Å². The van der Waals surface area contributed by atoms with Crippen LogP contribution in [-0.4, -0.2) is 9.97 Å². The van der Waals surface area contributed by atoms with Gasteiger partial charge in [0.15, 0.2) is 0 Å². The maximum atomic E-state index is 5.70. The van der Waals surface area contributed by atoms with Crippen LogP contribution >= 0.6 is 11.6 Å². The van der Waals surface area contributed by atoms with Crippen LogP contribution in [0.1, 0.15) is 5.56 Å². The molecule has 0 unspecified atom stereocenters. The van der Waals surface area contributed by atoms with Crippen molar-refractivity contribution >= 4 is 11.6 Å². The van der Waals surface area contributed by atoms with Gasteiger partial charge in [0.25, 0.3) is 0 Å². The molecule has 2 aromatic rings. The van der Waals surface area contributed by atoms with Crippen molar-refractivity contribution in [1.29, 1.82) is 0 Å². The summed E-state index contributed by atoms with van der Waals surface area (Å²) in [7, 11) is 0. The molecule has 74 valence electrons. The van der Waals surface area contributed by atoms with Crippen molar-refractivity contribution in [3.63, 3.8) is 0 Å². The van der Waals surface area contributed by atoms with Crippen LogP contribution in [0, 0.1) is 6.92 Å². The standard InChI is InChI=1S/C12H9ClN2/c1-2-9-3-5-11(14-7-9)10-4-6-12(13)15-8-10/h1,3-8H,2H2. The van der Waals surface area contributed by atoms with Crippen molar-refractivity contribution in [3.05, 3.63) is 54.3 Å². The average molecular weight is 217 g/mol. The predicted molar refractivity (Wildman–Crippen MR) is 60.5 cm³/mol. The Balaban J connectivity index is 2.33. The van der Waals surface area contributed by atoms with Crippen molar-refractivity contribution in [3.8, 4) is 11.3 Å². The topological polar surface area (TPSA) is 25.8 Å². The Morgan fingerprint density at radius 3 is 2.47 bits per heavy atom. The van der Waals surface area contributed by atoms with E-state index in [2.05, 4.69) is 9.97 Å². The first-order chi connectivity index (χ1) is 7.29. The smallest absolute Gasteiger partial charge is 0.129 e. The first-order valence-electron chi connectivity index (χ1n) is 4.56. The molecule has 0 spiro atoms. The molecule has 0 fully saturated rings. The lowest BCUT2D eigenvalue weighted by atomic mass is 10.1. The highest BCUT2D eigenvalue weighted by Gasteiger charge is 1.99. The van der Waals surface area contributed by atoms with Gasteiger partial charge in [0.1, 0.15) is 5.15 Å². The number of nitrogens with zero attached hydrogens (tertiary/aromatic N) is 2. The first-order valence-corrected chi connectivity index (χ1v) is 4.94. The normalized spacial score (nSPS) is 10.3. The van der Waals surface area contributed by atoms with Gasteiger partial charge in [0.2, 0.25) is 0 Å². The SMILES string of the molecule is [CH]Cc1ccc(-c2ccc(Cl)nc2)nc1. The highest BCUT2D eigenvalue weighted by Crippen LogP contribution is 2.17. The van der Waals surface area contributed by atoms with Crippen LogP contribution in [0.4, 0.5) is 0 Å². The number of hydrogen-bond donors (Lipinski definition) is 0. The van der Waals surface area contributed by atoms with Gasteiger partial charge in [-0.05, 0) is 37.1 Å². The lowest BCUT2D eigenvalue weighted by molar-refractivity contribution is 1.19. The lowest BCUT2D eigenvalue weighted by Crippen LogP contribution is -1.87. The maximum Gasteiger partial charge on any atom is 0.129 e. The van der Waals surface area contributed by atoms with E-state index in [9.17, 15) is 0 Å². The summed E-state index contributed by atoms with van der Waals surface area (Å²) in [5, 5.41) is 0.484. The minimum atomic E-state index is 0.484. The van der Waals surface area contributed by atoms with Gasteiger partial charge in [-0.1, -0.05) is 17.7 Å². The lowest BCUT2D eigenvalue weighted by Gasteiger charge is -2.01. The van der Waals surface area contributed by atoms with Gasteiger partial charge in [0, 0.05) is 18.0 Å². The second-order valence-electron chi connectivity index (χ2n) is 3.13. The molecule has 2 heterocycles. The summed E-state index contributed by atoms with van der Waals surface area (Å²) < 4.78 is 0. The Kier molecular flexibility index (Phi) is 2.97. The van der Waals surface area contributed by atoms with Gasteiger partial charge in [-0.15, -0.1) is 0 Å². The van der Waals surface area contributed by atoms with E-state index in [1.807, 2.05) is 18.2 Å². The number of rotatable bonds is 2. The molecule has 2 aromatic heterocycles. The highest BCUT2D eigenvalue weighted by atomic mass is 35.5. The third-order valence-electron chi connectivity index (χ3n) is 2.08. The van der Waals surface area contributed by atoms with Crippen LogP contribution in [0.15, 0.2) is 36.7 Å². The van der Waals surface area contributed by atoms with Gasteiger partial charge in [0.05, 0.1) is 5.69 Å². The molecule has 0 N–H and O–H groups in total. The van der Waals surface area contributed by atoms with Gasteiger partial charge in [-0.2, -0.15) is 0 Å². The maximum absolute atomic E-state index is 5.70. The quantitative estimate of drug-likeness (QED) is 0.722. The molecule has 15 heavy (non-hydrogen) atoms. The fourth-order valence-electron chi connectivity index (χ4n) is 1.24. The molecule has 0 aliphatic heterocycles. The van der Waals surface area contributed by atoms with Crippen LogP contribution in [0.2, 0.25) is 5.15 Å². The Labute approximate surface area is 94.0 Å². The van der Waals surface area contributed by atoms with E-state index >= 15 is 0 Å². The molecule has 3 heteroatoms. The molecule has 2 nitrogen and oxygen atoms in total. The fraction of sp³-hybridized carbons (Fsp3) is 0.0833. The summed E-state index contributed by atoms with van der Waals surface area (Å²) in [6.45, 7) is 5.49. The fourth-order valence-corrected chi connectivity index (χ4v) is 1.36. The summed E-state index contributed by atoms with van der Waals surface area (Å²) >= 11 is 5.70. The van der Waals surface area contributed by atoms with Crippen LogP contribution in [0.5, 0.6) is 0 Å². The molecular formula is C12H9ClN2.